The number of hydrogen-bond donors (Lipinski definition) is 1. The summed E-state index contributed by atoms with van der Waals surface area (Å²) in [7, 11) is 0. The highest BCUT2D eigenvalue weighted by atomic mass is 35.5. The zero-order valence-electron chi connectivity index (χ0n) is 10.1. The first-order valence-electron chi connectivity index (χ1n) is 6.28. The van der Waals surface area contributed by atoms with Crippen LogP contribution in [-0.2, 0) is 0 Å². The van der Waals surface area contributed by atoms with Gasteiger partial charge in [0.15, 0.2) is 0 Å². The van der Waals surface area contributed by atoms with Crippen LogP contribution in [0, 0.1) is 17.7 Å². The molecule has 3 unspecified atom stereocenters. The van der Waals surface area contributed by atoms with Gasteiger partial charge in [-0.15, -0.1) is 0 Å². The van der Waals surface area contributed by atoms with E-state index in [0.717, 1.165) is 24.3 Å². The molecule has 0 radical (unpaired) electrons. The minimum atomic E-state index is -0.303. The molecule has 0 aliphatic heterocycles. The summed E-state index contributed by atoms with van der Waals surface area (Å²) < 4.78 is 13.0. The van der Waals surface area contributed by atoms with E-state index in [2.05, 4.69) is 6.92 Å². The van der Waals surface area contributed by atoms with E-state index >= 15 is 0 Å². The predicted octanol–water partition coefficient (Wildman–Crippen LogP) is 4.31. The molecule has 0 amide bonds. The van der Waals surface area contributed by atoms with Crippen molar-refractivity contribution >= 4 is 11.6 Å². The average Bonchev–Trinajstić information content (AvgIpc) is 2.28. The van der Waals surface area contributed by atoms with E-state index in [1.165, 1.54) is 25.0 Å². The molecule has 1 fully saturated rings. The smallest absolute Gasteiger partial charge is 0.124 e. The van der Waals surface area contributed by atoms with Gasteiger partial charge in [0.1, 0.15) is 5.82 Å². The van der Waals surface area contributed by atoms with Gasteiger partial charge in [-0.2, -0.15) is 0 Å². The Labute approximate surface area is 107 Å². The number of benzene rings is 1. The van der Waals surface area contributed by atoms with Gasteiger partial charge >= 0.3 is 0 Å². The Balaban J connectivity index is 2.15. The first kappa shape index (κ1) is 12.8. The van der Waals surface area contributed by atoms with Crippen LogP contribution >= 0.6 is 11.6 Å². The van der Waals surface area contributed by atoms with E-state index in [1.54, 1.807) is 6.07 Å². The van der Waals surface area contributed by atoms with Crippen LogP contribution in [0.25, 0.3) is 0 Å². The molecule has 0 heterocycles. The molecule has 1 nitrogen and oxygen atoms in total. The molecule has 0 bridgehead atoms. The fourth-order valence-electron chi connectivity index (χ4n) is 2.83. The summed E-state index contributed by atoms with van der Waals surface area (Å²) in [5.74, 6) is 0.906. The zero-order valence-corrected chi connectivity index (χ0v) is 10.9. The Hall–Kier alpha value is -0.600. The standard InChI is InChI=1S/C14H19ClFN/c1-9-3-2-4-10(7-9)14(17)12-6-5-11(16)8-13(12)15/h5-6,8-10,14H,2-4,7,17H2,1H3. The monoisotopic (exact) mass is 255 g/mol. The number of hydrogen-bond acceptors (Lipinski definition) is 1. The second-order valence-electron chi connectivity index (χ2n) is 5.22. The molecule has 1 aliphatic rings. The molecular weight excluding hydrogens is 237 g/mol. The lowest BCUT2D eigenvalue weighted by Gasteiger charge is -2.31. The molecule has 0 spiro atoms. The third-order valence-electron chi connectivity index (χ3n) is 3.81. The molecule has 1 saturated carbocycles. The fraction of sp³-hybridized carbons (Fsp3) is 0.571. The second-order valence-corrected chi connectivity index (χ2v) is 5.63. The van der Waals surface area contributed by atoms with Crippen LogP contribution < -0.4 is 5.73 Å². The number of nitrogens with two attached hydrogens (primary N) is 1. The summed E-state index contributed by atoms with van der Waals surface area (Å²) in [6.45, 7) is 2.27. The third kappa shape index (κ3) is 2.99. The van der Waals surface area contributed by atoms with Gasteiger partial charge in [-0.1, -0.05) is 37.4 Å². The predicted molar refractivity (Wildman–Crippen MR) is 69.5 cm³/mol. The summed E-state index contributed by atoms with van der Waals surface area (Å²) in [5, 5.41) is 0.454. The third-order valence-corrected chi connectivity index (χ3v) is 4.13. The Morgan fingerprint density at radius 2 is 2.18 bits per heavy atom. The van der Waals surface area contributed by atoms with Crippen LogP contribution in [0.1, 0.15) is 44.2 Å². The van der Waals surface area contributed by atoms with Crippen molar-refractivity contribution in [1.82, 2.24) is 0 Å². The average molecular weight is 256 g/mol. The summed E-state index contributed by atoms with van der Waals surface area (Å²) in [6.07, 6.45) is 4.83. The van der Waals surface area contributed by atoms with E-state index in [0.29, 0.717) is 10.9 Å². The summed E-state index contributed by atoms with van der Waals surface area (Å²) in [6, 6.07) is 4.45. The van der Waals surface area contributed by atoms with Gasteiger partial charge in [0, 0.05) is 11.1 Å². The summed E-state index contributed by atoms with van der Waals surface area (Å²) >= 11 is 6.06. The van der Waals surface area contributed by atoms with E-state index in [9.17, 15) is 4.39 Å². The van der Waals surface area contributed by atoms with Crippen molar-refractivity contribution in [3.05, 3.63) is 34.6 Å². The highest BCUT2D eigenvalue weighted by Gasteiger charge is 2.26. The number of halogens is 2. The van der Waals surface area contributed by atoms with Crippen LogP contribution in [0.3, 0.4) is 0 Å². The van der Waals surface area contributed by atoms with E-state index in [-0.39, 0.29) is 11.9 Å². The van der Waals surface area contributed by atoms with Gasteiger partial charge in [0.05, 0.1) is 0 Å². The highest BCUT2D eigenvalue weighted by molar-refractivity contribution is 6.31. The van der Waals surface area contributed by atoms with Crippen LogP contribution in [0.15, 0.2) is 18.2 Å². The second kappa shape index (κ2) is 5.36. The first-order chi connectivity index (χ1) is 8.08. The van der Waals surface area contributed by atoms with Crippen molar-refractivity contribution in [2.24, 2.45) is 17.6 Å². The van der Waals surface area contributed by atoms with Crippen LogP contribution in [-0.4, -0.2) is 0 Å². The Morgan fingerprint density at radius 3 is 2.82 bits per heavy atom. The van der Waals surface area contributed by atoms with Gasteiger partial charge in [0.2, 0.25) is 0 Å². The van der Waals surface area contributed by atoms with Crippen molar-refractivity contribution in [3.8, 4) is 0 Å². The highest BCUT2D eigenvalue weighted by Crippen LogP contribution is 2.37. The van der Waals surface area contributed by atoms with Gasteiger partial charge in [-0.25, -0.2) is 4.39 Å². The normalized spacial score (nSPS) is 26.8. The lowest BCUT2D eigenvalue weighted by Crippen LogP contribution is -2.26. The lowest BCUT2D eigenvalue weighted by atomic mass is 9.77. The summed E-state index contributed by atoms with van der Waals surface area (Å²) in [4.78, 5) is 0. The van der Waals surface area contributed by atoms with Crippen LogP contribution in [0.2, 0.25) is 5.02 Å². The lowest BCUT2D eigenvalue weighted by molar-refractivity contribution is 0.248. The molecule has 0 aromatic heterocycles. The molecule has 1 aliphatic carbocycles. The number of rotatable bonds is 2. The quantitative estimate of drug-likeness (QED) is 0.838. The van der Waals surface area contributed by atoms with E-state index < -0.39 is 0 Å². The zero-order chi connectivity index (χ0) is 12.4. The van der Waals surface area contributed by atoms with Crippen molar-refractivity contribution in [2.45, 2.75) is 38.6 Å². The topological polar surface area (TPSA) is 26.0 Å². The molecule has 3 atom stereocenters. The first-order valence-corrected chi connectivity index (χ1v) is 6.66. The molecule has 94 valence electrons. The SMILES string of the molecule is CC1CCCC(C(N)c2ccc(F)cc2Cl)C1. The van der Waals surface area contributed by atoms with E-state index in [4.69, 9.17) is 17.3 Å². The Kier molecular flexibility index (Phi) is 4.05. The Bertz CT molecular complexity index is 394. The molecular formula is C14H19ClFN. The van der Waals surface area contributed by atoms with Gasteiger partial charge in [0.25, 0.3) is 0 Å². The van der Waals surface area contributed by atoms with E-state index in [1.807, 2.05) is 0 Å². The summed E-state index contributed by atoms with van der Waals surface area (Å²) in [5.41, 5.74) is 7.16. The van der Waals surface area contributed by atoms with Crippen molar-refractivity contribution < 1.29 is 4.39 Å². The molecule has 17 heavy (non-hydrogen) atoms. The largest absolute Gasteiger partial charge is 0.324 e. The maximum absolute atomic E-state index is 13.0. The molecule has 1 aromatic carbocycles. The maximum Gasteiger partial charge on any atom is 0.124 e. The molecule has 3 heteroatoms. The maximum atomic E-state index is 13.0. The van der Waals surface area contributed by atoms with Crippen molar-refractivity contribution in [1.29, 1.82) is 0 Å². The van der Waals surface area contributed by atoms with Crippen LogP contribution in [0.4, 0.5) is 4.39 Å². The van der Waals surface area contributed by atoms with Gasteiger partial charge in [-0.3, -0.25) is 0 Å². The minimum absolute atomic E-state index is 0.0640. The molecule has 2 rings (SSSR count). The van der Waals surface area contributed by atoms with Crippen molar-refractivity contribution in [2.75, 3.05) is 0 Å². The van der Waals surface area contributed by atoms with Crippen LogP contribution in [0.5, 0.6) is 0 Å². The molecule has 2 N–H and O–H groups in total. The van der Waals surface area contributed by atoms with Gasteiger partial charge < -0.3 is 5.73 Å². The van der Waals surface area contributed by atoms with Crippen molar-refractivity contribution in [3.63, 3.8) is 0 Å². The molecule has 1 aromatic rings. The van der Waals surface area contributed by atoms with Gasteiger partial charge in [-0.05, 0) is 42.4 Å². The molecule has 0 saturated heterocycles. The fourth-order valence-corrected chi connectivity index (χ4v) is 3.13. The minimum Gasteiger partial charge on any atom is -0.324 e. The Morgan fingerprint density at radius 1 is 1.41 bits per heavy atom.